The van der Waals surface area contributed by atoms with Gasteiger partial charge in [-0.3, -0.25) is 4.79 Å². The molecular formula is C13H10BrN3O2. The predicted molar refractivity (Wildman–Crippen MR) is 73.9 cm³/mol. The molecule has 6 heteroatoms. The third-order valence-corrected chi connectivity index (χ3v) is 3.12. The van der Waals surface area contributed by atoms with E-state index in [1.165, 1.54) is 17.8 Å². The molecule has 0 atom stereocenters. The largest absolute Gasteiger partial charge is 0.496 e. The first-order valence-corrected chi connectivity index (χ1v) is 6.18. The summed E-state index contributed by atoms with van der Waals surface area (Å²) in [7, 11) is 3.08. The lowest BCUT2D eigenvalue weighted by molar-refractivity contribution is 0.416. The first-order chi connectivity index (χ1) is 9.06. The van der Waals surface area contributed by atoms with E-state index in [0.717, 1.165) is 4.47 Å². The smallest absolute Gasteiger partial charge is 0.267 e. The van der Waals surface area contributed by atoms with Crippen molar-refractivity contribution in [3.63, 3.8) is 0 Å². The van der Waals surface area contributed by atoms with Gasteiger partial charge in [-0.2, -0.15) is 10.4 Å². The Kier molecular flexibility index (Phi) is 3.67. The molecule has 0 unspecified atom stereocenters. The van der Waals surface area contributed by atoms with Crippen molar-refractivity contribution in [2.45, 2.75) is 0 Å². The number of methoxy groups -OCH3 is 1. The summed E-state index contributed by atoms with van der Waals surface area (Å²) in [4.78, 5) is 11.5. The van der Waals surface area contributed by atoms with Crippen LogP contribution in [0, 0.1) is 11.3 Å². The van der Waals surface area contributed by atoms with Crippen LogP contribution >= 0.6 is 15.9 Å². The van der Waals surface area contributed by atoms with Crippen LogP contribution in [0.3, 0.4) is 0 Å². The lowest BCUT2D eigenvalue weighted by atomic mass is 10.1. The Bertz CT molecular complexity index is 732. The lowest BCUT2D eigenvalue weighted by Gasteiger charge is -2.10. The van der Waals surface area contributed by atoms with Crippen LogP contribution in [0.5, 0.6) is 5.75 Å². The zero-order valence-electron chi connectivity index (χ0n) is 10.3. The molecule has 0 fully saturated rings. The molecule has 0 spiro atoms. The van der Waals surface area contributed by atoms with Gasteiger partial charge in [-0.1, -0.05) is 15.9 Å². The Labute approximate surface area is 118 Å². The zero-order valence-corrected chi connectivity index (χ0v) is 11.9. The SMILES string of the molecule is COc1ccc(Br)cc1-c1nn(C)c(=O)cc1C#N. The molecule has 0 aliphatic heterocycles. The molecule has 1 heterocycles. The van der Waals surface area contributed by atoms with E-state index in [1.54, 1.807) is 19.2 Å². The number of ether oxygens (including phenoxy) is 1. The Hall–Kier alpha value is -2.13. The quantitative estimate of drug-likeness (QED) is 0.850. The average molecular weight is 320 g/mol. The molecule has 2 aromatic rings. The Morgan fingerprint density at radius 1 is 1.42 bits per heavy atom. The van der Waals surface area contributed by atoms with E-state index < -0.39 is 0 Å². The molecule has 2 rings (SSSR count). The van der Waals surface area contributed by atoms with Gasteiger partial charge in [-0.25, -0.2) is 4.68 Å². The molecular weight excluding hydrogens is 310 g/mol. The summed E-state index contributed by atoms with van der Waals surface area (Å²) >= 11 is 3.37. The third kappa shape index (κ3) is 2.51. The van der Waals surface area contributed by atoms with Crippen molar-refractivity contribution >= 4 is 15.9 Å². The van der Waals surface area contributed by atoms with Crippen LogP contribution in [0.25, 0.3) is 11.3 Å². The van der Waals surface area contributed by atoms with Gasteiger partial charge >= 0.3 is 0 Å². The average Bonchev–Trinajstić information content (AvgIpc) is 2.41. The molecule has 0 radical (unpaired) electrons. The van der Waals surface area contributed by atoms with Gasteiger partial charge in [-0.15, -0.1) is 0 Å². The number of hydrogen-bond acceptors (Lipinski definition) is 4. The Balaban J connectivity index is 2.78. The van der Waals surface area contributed by atoms with Gasteiger partial charge in [0.2, 0.25) is 0 Å². The number of aryl methyl sites for hydroxylation is 1. The highest BCUT2D eigenvalue weighted by Gasteiger charge is 2.14. The van der Waals surface area contributed by atoms with Gasteiger partial charge in [-0.05, 0) is 18.2 Å². The molecule has 19 heavy (non-hydrogen) atoms. The summed E-state index contributed by atoms with van der Waals surface area (Å²) in [6, 6.07) is 8.65. The number of hydrogen-bond donors (Lipinski definition) is 0. The molecule has 1 aromatic heterocycles. The van der Waals surface area contributed by atoms with Crippen molar-refractivity contribution < 1.29 is 4.74 Å². The molecule has 0 amide bonds. The first-order valence-electron chi connectivity index (χ1n) is 5.39. The van der Waals surface area contributed by atoms with Gasteiger partial charge in [0.1, 0.15) is 17.5 Å². The number of nitrogens with zero attached hydrogens (tertiary/aromatic N) is 3. The van der Waals surface area contributed by atoms with E-state index in [1.807, 2.05) is 12.1 Å². The monoisotopic (exact) mass is 319 g/mol. The van der Waals surface area contributed by atoms with Gasteiger partial charge in [0.05, 0.1) is 12.7 Å². The van der Waals surface area contributed by atoms with Crippen LogP contribution in [-0.4, -0.2) is 16.9 Å². The van der Waals surface area contributed by atoms with E-state index in [9.17, 15) is 4.79 Å². The highest BCUT2D eigenvalue weighted by atomic mass is 79.9. The summed E-state index contributed by atoms with van der Waals surface area (Å²) in [6.07, 6.45) is 0. The summed E-state index contributed by atoms with van der Waals surface area (Å²) in [5.74, 6) is 0.589. The molecule has 96 valence electrons. The molecule has 0 saturated heterocycles. The fourth-order valence-corrected chi connectivity index (χ4v) is 2.05. The number of nitriles is 1. The topological polar surface area (TPSA) is 67.9 Å². The predicted octanol–water partition coefficient (Wildman–Crippen LogP) is 2.09. The van der Waals surface area contributed by atoms with Crippen LogP contribution in [0.15, 0.2) is 33.5 Å². The van der Waals surface area contributed by atoms with Crippen molar-refractivity contribution in [3.8, 4) is 23.1 Å². The summed E-state index contributed by atoms with van der Waals surface area (Å²) < 4.78 is 7.29. The van der Waals surface area contributed by atoms with Crippen LogP contribution in [0.2, 0.25) is 0 Å². The van der Waals surface area contributed by atoms with Crippen molar-refractivity contribution in [3.05, 3.63) is 44.7 Å². The van der Waals surface area contributed by atoms with Crippen LogP contribution in [-0.2, 0) is 7.05 Å². The standard InChI is InChI=1S/C13H10BrN3O2/c1-17-12(18)5-8(7-15)13(16-17)10-6-9(14)3-4-11(10)19-2/h3-6H,1-2H3. The highest BCUT2D eigenvalue weighted by Crippen LogP contribution is 2.32. The van der Waals surface area contributed by atoms with Gasteiger partial charge < -0.3 is 4.74 Å². The second-order valence-corrected chi connectivity index (χ2v) is 4.74. The molecule has 0 saturated carbocycles. The minimum absolute atomic E-state index is 0.222. The van der Waals surface area contributed by atoms with E-state index in [4.69, 9.17) is 10.00 Å². The van der Waals surface area contributed by atoms with E-state index >= 15 is 0 Å². The number of aromatic nitrogens is 2. The van der Waals surface area contributed by atoms with E-state index in [2.05, 4.69) is 21.0 Å². The number of rotatable bonds is 2. The summed E-state index contributed by atoms with van der Waals surface area (Å²) in [5.41, 5.74) is 0.973. The molecule has 0 aliphatic rings. The first kappa shape index (κ1) is 13.3. The molecule has 1 aromatic carbocycles. The third-order valence-electron chi connectivity index (χ3n) is 2.63. The fraction of sp³-hybridized carbons (Fsp3) is 0.154. The van der Waals surface area contributed by atoms with E-state index in [0.29, 0.717) is 17.0 Å². The van der Waals surface area contributed by atoms with E-state index in [-0.39, 0.29) is 11.1 Å². The second kappa shape index (κ2) is 5.24. The van der Waals surface area contributed by atoms with Gasteiger partial charge in [0.15, 0.2) is 0 Å². The van der Waals surface area contributed by atoms with Crippen LogP contribution < -0.4 is 10.3 Å². The van der Waals surface area contributed by atoms with Gasteiger partial charge in [0.25, 0.3) is 5.56 Å². The van der Waals surface area contributed by atoms with Crippen molar-refractivity contribution in [1.29, 1.82) is 5.26 Å². The number of halogens is 1. The maximum absolute atomic E-state index is 11.5. The van der Waals surface area contributed by atoms with Crippen LogP contribution in [0.1, 0.15) is 5.56 Å². The highest BCUT2D eigenvalue weighted by molar-refractivity contribution is 9.10. The fourth-order valence-electron chi connectivity index (χ4n) is 1.69. The minimum Gasteiger partial charge on any atom is -0.496 e. The minimum atomic E-state index is -0.325. The van der Waals surface area contributed by atoms with Crippen molar-refractivity contribution in [2.24, 2.45) is 7.05 Å². The molecule has 0 bridgehead atoms. The Morgan fingerprint density at radius 2 is 2.16 bits per heavy atom. The molecule has 5 nitrogen and oxygen atoms in total. The Morgan fingerprint density at radius 3 is 2.79 bits per heavy atom. The maximum atomic E-state index is 11.5. The second-order valence-electron chi connectivity index (χ2n) is 3.82. The summed E-state index contributed by atoms with van der Waals surface area (Å²) in [6.45, 7) is 0. The number of benzene rings is 1. The van der Waals surface area contributed by atoms with Crippen molar-refractivity contribution in [2.75, 3.05) is 7.11 Å². The zero-order chi connectivity index (χ0) is 14.0. The molecule has 0 aliphatic carbocycles. The maximum Gasteiger partial charge on any atom is 0.267 e. The lowest BCUT2D eigenvalue weighted by Crippen LogP contribution is -2.20. The van der Waals surface area contributed by atoms with Gasteiger partial charge in [0, 0.05) is 23.2 Å². The molecule has 0 N–H and O–H groups in total. The summed E-state index contributed by atoms with van der Waals surface area (Å²) in [5, 5.41) is 13.3. The van der Waals surface area contributed by atoms with Crippen molar-refractivity contribution in [1.82, 2.24) is 9.78 Å². The normalized spacial score (nSPS) is 10.0. The van der Waals surface area contributed by atoms with Crippen LogP contribution in [0.4, 0.5) is 0 Å².